The Hall–Kier alpha value is -2.18. The number of carbonyl (C=O) groups excluding carboxylic acids is 3. The number of anilines is 1. The number of hydrogen-bond donors (Lipinski definition) is 1. The zero-order valence-electron chi connectivity index (χ0n) is 12.5. The number of hydrogen-bond acceptors (Lipinski definition) is 5. The first kappa shape index (κ1) is 17.2. The molecular weight excluding hydrogens is 338 g/mol. The van der Waals surface area contributed by atoms with Crippen LogP contribution >= 0.6 is 22.9 Å². The molecule has 0 fully saturated rings. The molecule has 1 atom stereocenters. The third-order valence-corrected chi connectivity index (χ3v) is 4.43. The molecule has 0 saturated carbocycles. The third-order valence-electron chi connectivity index (χ3n) is 2.94. The van der Waals surface area contributed by atoms with Gasteiger partial charge in [0.2, 0.25) is 0 Å². The van der Waals surface area contributed by atoms with E-state index in [0.717, 1.165) is 11.3 Å². The highest BCUT2D eigenvalue weighted by Crippen LogP contribution is 2.21. The molecule has 0 bridgehead atoms. The number of nitrogens with one attached hydrogen (secondary N) is 1. The van der Waals surface area contributed by atoms with Crippen LogP contribution in [0.15, 0.2) is 36.4 Å². The lowest BCUT2D eigenvalue weighted by Crippen LogP contribution is -2.29. The highest BCUT2D eigenvalue weighted by Gasteiger charge is 2.21. The third kappa shape index (κ3) is 4.40. The molecule has 7 heteroatoms. The molecule has 23 heavy (non-hydrogen) atoms. The van der Waals surface area contributed by atoms with Crippen molar-refractivity contribution in [3.05, 3.63) is 51.2 Å². The average molecular weight is 352 g/mol. The summed E-state index contributed by atoms with van der Waals surface area (Å²) in [6.45, 7) is 2.88. The molecular formula is C16H14ClNO4S. The molecule has 0 aliphatic carbocycles. The van der Waals surface area contributed by atoms with Crippen molar-refractivity contribution in [2.45, 2.75) is 20.0 Å². The zero-order valence-corrected chi connectivity index (χ0v) is 14.0. The summed E-state index contributed by atoms with van der Waals surface area (Å²) < 4.78 is 5.11. The molecule has 1 unspecified atom stereocenters. The van der Waals surface area contributed by atoms with Crippen molar-refractivity contribution in [1.82, 2.24) is 0 Å². The second-order valence-corrected chi connectivity index (χ2v) is 6.23. The molecule has 2 rings (SSSR count). The van der Waals surface area contributed by atoms with Gasteiger partial charge in [-0.2, -0.15) is 0 Å². The second kappa shape index (κ2) is 7.39. The smallest absolute Gasteiger partial charge is 0.349 e. The van der Waals surface area contributed by atoms with Crippen molar-refractivity contribution in [1.29, 1.82) is 0 Å². The lowest BCUT2D eigenvalue weighted by atomic mass is 10.3. The van der Waals surface area contributed by atoms with Gasteiger partial charge in [-0.1, -0.05) is 23.7 Å². The highest BCUT2D eigenvalue weighted by atomic mass is 35.5. The van der Waals surface area contributed by atoms with E-state index in [-0.39, 0.29) is 10.7 Å². The van der Waals surface area contributed by atoms with E-state index in [1.54, 1.807) is 30.3 Å². The maximum absolute atomic E-state index is 12.0. The van der Waals surface area contributed by atoms with Crippen molar-refractivity contribution >= 4 is 46.3 Å². The van der Waals surface area contributed by atoms with E-state index in [1.807, 2.05) is 0 Å². The Morgan fingerprint density at radius 3 is 2.39 bits per heavy atom. The van der Waals surface area contributed by atoms with Gasteiger partial charge in [0.05, 0.1) is 15.6 Å². The molecule has 1 N–H and O–H groups in total. The van der Waals surface area contributed by atoms with E-state index < -0.39 is 18.0 Å². The van der Waals surface area contributed by atoms with Crippen molar-refractivity contribution < 1.29 is 19.1 Å². The fourth-order valence-electron chi connectivity index (χ4n) is 1.71. The Bertz CT molecular complexity index is 756. The van der Waals surface area contributed by atoms with Crippen LogP contribution in [0.2, 0.25) is 5.02 Å². The van der Waals surface area contributed by atoms with E-state index in [4.69, 9.17) is 16.3 Å². The molecule has 0 radical (unpaired) electrons. The molecule has 0 aliphatic heterocycles. The second-order valence-electron chi connectivity index (χ2n) is 4.74. The summed E-state index contributed by atoms with van der Waals surface area (Å²) in [5.74, 6) is -1.27. The number of thiophene rings is 1. The van der Waals surface area contributed by atoms with Crippen LogP contribution in [0.5, 0.6) is 0 Å². The van der Waals surface area contributed by atoms with E-state index in [9.17, 15) is 14.4 Å². The summed E-state index contributed by atoms with van der Waals surface area (Å²) >= 11 is 6.99. The van der Waals surface area contributed by atoms with Crippen molar-refractivity contribution in [2.75, 3.05) is 5.32 Å². The summed E-state index contributed by atoms with van der Waals surface area (Å²) in [6.07, 6.45) is -0.998. The van der Waals surface area contributed by atoms with Crippen LogP contribution in [-0.4, -0.2) is 23.8 Å². The van der Waals surface area contributed by atoms with Crippen LogP contribution in [0.3, 0.4) is 0 Å². The molecule has 0 saturated heterocycles. The van der Waals surface area contributed by atoms with Crippen LogP contribution in [-0.2, 0) is 9.53 Å². The van der Waals surface area contributed by atoms with Crippen LogP contribution in [0, 0.1) is 0 Å². The minimum atomic E-state index is -0.998. The van der Waals surface area contributed by atoms with Crippen LogP contribution in [0.1, 0.15) is 33.2 Å². The van der Waals surface area contributed by atoms with Gasteiger partial charge in [-0.05, 0) is 38.1 Å². The molecule has 1 heterocycles. The molecule has 1 aromatic carbocycles. The minimum absolute atomic E-state index is 0.126. The van der Waals surface area contributed by atoms with Gasteiger partial charge in [-0.15, -0.1) is 11.3 Å². The molecule has 0 aliphatic rings. The van der Waals surface area contributed by atoms with Gasteiger partial charge < -0.3 is 10.1 Å². The molecule has 1 amide bonds. The minimum Gasteiger partial charge on any atom is -0.448 e. The molecule has 120 valence electrons. The van der Waals surface area contributed by atoms with Gasteiger partial charge in [0.25, 0.3) is 5.91 Å². The summed E-state index contributed by atoms with van der Waals surface area (Å²) in [4.78, 5) is 36.0. The molecule has 0 spiro atoms. The number of halogens is 1. The Morgan fingerprint density at radius 2 is 1.78 bits per heavy atom. The standard InChI is InChI=1S/C16H14ClNO4S/c1-9(19)13-7-8-14(23-13)16(21)22-10(2)15(20)18-12-6-4-3-5-11(12)17/h3-8,10H,1-2H3,(H,18,20). The Morgan fingerprint density at radius 1 is 1.13 bits per heavy atom. The number of esters is 1. The highest BCUT2D eigenvalue weighted by molar-refractivity contribution is 7.15. The normalized spacial score (nSPS) is 11.6. The van der Waals surface area contributed by atoms with Gasteiger partial charge in [-0.25, -0.2) is 4.79 Å². The number of amides is 1. The monoisotopic (exact) mass is 351 g/mol. The first-order valence-electron chi connectivity index (χ1n) is 6.75. The fourth-order valence-corrected chi connectivity index (χ4v) is 2.67. The quantitative estimate of drug-likeness (QED) is 0.657. The maximum atomic E-state index is 12.0. The topological polar surface area (TPSA) is 72.5 Å². The number of Topliss-reactive ketones (excluding diaryl/α,β-unsaturated/α-hetero) is 1. The number of benzene rings is 1. The number of ether oxygens (including phenoxy) is 1. The Labute approximate surface area is 142 Å². The van der Waals surface area contributed by atoms with E-state index >= 15 is 0 Å². The SMILES string of the molecule is CC(=O)c1ccc(C(=O)OC(C)C(=O)Nc2ccccc2Cl)s1. The predicted molar refractivity (Wildman–Crippen MR) is 89.3 cm³/mol. The molecule has 2 aromatic rings. The lowest BCUT2D eigenvalue weighted by Gasteiger charge is -2.13. The van der Waals surface area contributed by atoms with Gasteiger partial charge in [0.1, 0.15) is 4.88 Å². The Balaban J connectivity index is 1.98. The molecule has 5 nitrogen and oxygen atoms in total. The first-order valence-corrected chi connectivity index (χ1v) is 7.95. The van der Waals surface area contributed by atoms with Crippen molar-refractivity contribution in [2.24, 2.45) is 0 Å². The zero-order chi connectivity index (χ0) is 17.0. The number of carbonyl (C=O) groups is 3. The van der Waals surface area contributed by atoms with Crippen molar-refractivity contribution in [3.63, 3.8) is 0 Å². The van der Waals surface area contributed by atoms with E-state index in [2.05, 4.69) is 5.32 Å². The fraction of sp³-hybridized carbons (Fsp3) is 0.188. The van der Waals surface area contributed by atoms with Gasteiger partial charge in [0.15, 0.2) is 11.9 Å². The Kier molecular flexibility index (Phi) is 5.52. The average Bonchev–Trinajstić information content (AvgIpc) is 2.99. The number of ketones is 1. The maximum Gasteiger partial charge on any atom is 0.349 e. The van der Waals surface area contributed by atoms with Gasteiger partial charge in [0, 0.05) is 0 Å². The number of para-hydroxylation sites is 1. The van der Waals surface area contributed by atoms with E-state index in [1.165, 1.54) is 19.9 Å². The lowest BCUT2D eigenvalue weighted by molar-refractivity contribution is -0.123. The van der Waals surface area contributed by atoms with Gasteiger partial charge >= 0.3 is 5.97 Å². The van der Waals surface area contributed by atoms with Crippen LogP contribution in [0.25, 0.3) is 0 Å². The number of rotatable bonds is 5. The van der Waals surface area contributed by atoms with Crippen LogP contribution < -0.4 is 5.32 Å². The summed E-state index contributed by atoms with van der Waals surface area (Å²) in [5.41, 5.74) is 0.442. The summed E-state index contributed by atoms with van der Waals surface area (Å²) in [6, 6.07) is 9.81. The van der Waals surface area contributed by atoms with E-state index in [0.29, 0.717) is 15.6 Å². The summed E-state index contributed by atoms with van der Waals surface area (Å²) in [7, 11) is 0. The predicted octanol–water partition coefficient (Wildman–Crippen LogP) is 3.79. The van der Waals surface area contributed by atoms with Crippen molar-refractivity contribution in [3.8, 4) is 0 Å². The largest absolute Gasteiger partial charge is 0.448 e. The van der Waals surface area contributed by atoms with Gasteiger partial charge in [-0.3, -0.25) is 9.59 Å². The van der Waals surface area contributed by atoms with Crippen LogP contribution in [0.4, 0.5) is 5.69 Å². The summed E-state index contributed by atoms with van der Waals surface area (Å²) in [5, 5.41) is 2.98. The molecule has 1 aromatic heterocycles. The first-order chi connectivity index (χ1) is 10.9.